The number of hydrogen-bond donors (Lipinski definition) is 2. The molecule has 2 fully saturated rings. The van der Waals surface area contributed by atoms with Gasteiger partial charge in [0.2, 0.25) is 0 Å². The molecule has 0 amide bonds. The summed E-state index contributed by atoms with van der Waals surface area (Å²) in [6, 6.07) is 0.285. The lowest BCUT2D eigenvalue weighted by atomic mass is 9.81. The van der Waals surface area contributed by atoms with E-state index in [0.717, 1.165) is 45.3 Å². The van der Waals surface area contributed by atoms with Gasteiger partial charge < -0.3 is 15.2 Å². The first kappa shape index (κ1) is 13.3. The first-order valence-electron chi connectivity index (χ1n) is 7.32. The molecule has 2 rings (SSSR count). The molecule has 0 aromatic heterocycles. The van der Waals surface area contributed by atoms with Crippen LogP contribution in [0, 0.1) is 0 Å². The average Bonchev–Trinajstić information content (AvgIpc) is 2.58. The molecule has 3 atom stereocenters. The van der Waals surface area contributed by atoms with Crippen LogP contribution in [-0.4, -0.2) is 36.0 Å². The number of nitrogens with one attached hydrogen (secondary N) is 1. The molecule has 0 bridgehead atoms. The Bertz CT molecular complexity index is 224. The summed E-state index contributed by atoms with van der Waals surface area (Å²) in [6.07, 6.45) is 9.02. The van der Waals surface area contributed by atoms with Crippen LogP contribution >= 0.6 is 0 Å². The maximum atomic E-state index is 10.9. The minimum Gasteiger partial charge on any atom is -0.388 e. The maximum Gasteiger partial charge on any atom is 0.0846 e. The zero-order valence-corrected chi connectivity index (χ0v) is 11.1. The first-order chi connectivity index (χ1) is 8.24. The van der Waals surface area contributed by atoms with Crippen molar-refractivity contribution < 1.29 is 9.84 Å². The average molecular weight is 241 g/mol. The van der Waals surface area contributed by atoms with Crippen molar-refractivity contribution in [2.75, 3.05) is 13.2 Å². The number of rotatable bonds is 3. The molecule has 2 heterocycles. The molecule has 0 aliphatic carbocycles. The molecule has 0 aromatic carbocycles. The molecule has 3 nitrogen and oxygen atoms in total. The van der Waals surface area contributed by atoms with Crippen LogP contribution in [0.2, 0.25) is 0 Å². The lowest BCUT2D eigenvalue weighted by molar-refractivity contribution is -0.122. The number of aliphatic hydroxyl groups is 1. The Morgan fingerprint density at radius 1 is 1.35 bits per heavy atom. The van der Waals surface area contributed by atoms with Crippen LogP contribution < -0.4 is 5.32 Å². The first-order valence-corrected chi connectivity index (χ1v) is 7.32. The zero-order valence-electron chi connectivity index (χ0n) is 11.1. The third-order valence-corrected chi connectivity index (χ3v) is 4.29. The van der Waals surface area contributed by atoms with Gasteiger partial charge in [-0.15, -0.1) is 0 Å². The molecule has 2 saturated heterocycles. The molecule has 2 aliphatic heterocycles. The second-order valence-corrected chi connectivity index (χ2v) is 5.70. The van der Waals surface area contributed by atoms with Crippen LogP contribution in [-0.2, 0) is 4.74 Å². The Morgan fingerprint density at radius 2 is 2.24 bits per heavy atom. The minimum atomic E-state index is -0.525. The van der Waals surface area contributed by atoms with E-state index in [4.69, 9.17) is 4.74 Å². The topological polar surface area (TPSA) is 41.5 Å². The predicted molar refractivity (Wildman–Crippen MR) is 69.1 cm³/mol. The van der Waals surface area contributed by atoms with E-state index in [1.54, 1.807) is 0 Å². The maximum absolute atomic E-state index is 10.9. The zero-order chi connectivity index (χ0) is 12.1. The molecule has 3 heteroatoms. The lowest BCUT2D eigenvalue weighted by Crippen LogP contribution is -2.55. The van der Waals surface area contributed by atoms with Crippen LogP contribution in [0.5, 0.6) is 0 Å². The van der Waals surface area contributed by atoms with E-state index < -0.39 is 5.60 Å². The third-order valence-electron chi connectivity index (χ3n) is 4.29. The van der Waals surface area contributed by atoms with Crippen molar-refractivity contribution in [1.29, 1.82) is 0 Å². The lowest BCUT2D eigenvalue weighted by Gasteiger charge is -2.42. The third kappa shape index (κ3) is 3.43. The normalized spacial score (nSPS) is 39.9. The van der Waals surface area contributed by atoms with E-state index >= 15 is 0 Å². The summed E-state index contributed by atoms with van der Waals surface area (Å²) in [5, 5.41) is 14.4. The molecule has 0 spiro atoms. The van der Waals surface area contributed by atoms with Crippen molar-refractivity contribution in [3.8, 4) is 0 Å². The summed E-state index contributed by atoms with van der Waals surface area (Å²) >= 11 is 0. The van der Waals surface area contributed by atoms with E-state index in [1.807, 2.05) is 0 Å². The fraction of sp³-hybridized carbons (Fsp3) is 1.00. The van der Waals surface area contributed by atoms with Crippen molar-refractivity contribution in [1.82, 2.24) is 5.32 Å². The highest BCUT2D eigenvalue weighted by Gasteiger charge is 2.41. The fourth-order valence-electron chi connectivity index (χ4n) is 3.27. The number of ether oxygens (including phenoxy) is 1. The van der Waals surface area contributed by atoms with Gasteiger partial charge in [0.15, 0.2) is 0 Å². The summed E-state index contributed by atoms with van der Waals surface area (Å²) in [5.74, 6) is 0. The monoisotopic (exact) mass is 241 g/mol. The van der Waals surface area contributed by atoms with Gasteiger partial charge in [0, 0.05) is 25.5 Å². The largest absolute Gasteiger partial charge is 0.388 e. The van der Waals surface area contributed by atoms with Crippen LogP contribution in [0.15, 0.2) is 0 Å². The second-order valence-electron chi connectivity index (χ2n) is 5.70. The standard InChI is InChI=1S/C14H27NO2/c1-2-6-12-11-14(16,8-10-17-12)13-7-4-3-5-9-15-13/h12-13,15-16H,2-11H2,1H3. The van der Waals surface area contributed by atoms with Gasteiger partial charge in [-0.3, -0.25) is 0 Å². The summed E-state index contributed by atoms with van der Waals surface area (Å²) in [7, 11) is 0. The van der Waals surface area contributed by atoms with Crippen molar-refractivity contribution in [2.24, 2.45) is 0 Å². The molecule has 0 saturated carbocycles. The van der Waals surface area contributed by atoms with Gasteiger partial charge in [0.1, 0.15) is 0 Å². The molecule has 0 radical (unpaired) electrons. The van der Waals surface area contributed by atoms with E-state index in [1.165, 1.54) is 19.3 Å². The smallest absolute Gasteiger partial charge is 0.0846 e. The van der Waals surface area contributed by atoms with Gasteiger partial charge in [0.25, 0.3) is 0 Å². The second kappa shape index (κ2) is 6.17. The molecule has 3 unspecified atom stereocenters. The summed E-state index contributed by atoms with van der Waals surface area (Å²) in [5.41, 5.74) is -0.525. The highest BCUT2D eigenvalue weighted by Crippen LogP contribution is 2.32. The van der Waals surface area contributed by atoms with Gasteiger partial charge in [-0.05, 0) is 25.8 Å². The van der Waals surface area contributed by atoms with Gasteiger partial charge >= 0.3 is 0 Å². The van der Waals surface area contributed by atoms with Crippen LogP contribution in [0.4, 0.5) is 0 Å². The summed E-state index contributed by atoms with van der Waals surface area (Å²) in [6.45, 7) is 3.96. The van der Waals surface area contributed by atoms with E-state index in [9.17, 15) is 5.11 Å². The van der Waals surface area contributed by atoms with Crippen molar-refractivity contribution in [3.63, 3.8) is 0 Å². The van der Waals surface area contributed by atoms with Gasteiger partial charge in [-0.1, -0.05) is 26.2 Å². The summed E-state index contributed by atoms with van der Waals surface area (Å²) < 4.78 is 5.75. The Kier molecular flexibility index (Phi) is 4.83. The Labute approximate surface area is 105 Å². The molecule has 0 aromatic rings. The quantitative estimate of drug-likeness (QED) is 0.796. The van der Waals surface area contributed by atoms with E-state index in [-0.39, 0.29) is 12.1 Å². The van der Waals surface area contributed by atoms with Gasteiger partial charge in [-0.25, -0.2) is 0 Å². The van der Waals surface area contributed by atoms with Crippen LogP contribution in [0.1, 0.15) is 58.3 Å². The highest BCUT2D eigenvalue weighted by molar-refractivity contribution is 4.96. The molecular formula is C14H27NO2. The van der Waals surface area contributed by atoms with Crippen molar-refractivity contribution in [3.05, 3.63) is 0 Å². The molecule has 100 valence electrons. The Morgan fingerprint density at radius 3 is 3.06 bits per heavy atom. The molecular weight excluding hydrogens is 214 g/mol. The SMILES string of the molecule is CCCC1CC(O)(C2CCCCCN2)CCO1. The highest BCUT2D eigenvalue weighted by atomic mass is 16.5. The number of hydrogen-bond acceptors (Lipinski definition) is 3. The fourth-order valence-corrected chi connectivity index (χ4v) is 3.27. The molecule has 2 N–H and O–H groups in total. The van der Waals surface area contributed by atoms with Crippen LogP contribution in [0.3, 0.4) is 0 Å². The van der Waals surface area contributed by atoms with Crippen LogP contribution in [0.25, 0.3) is 0 Å². The van der Waals surface area contributed by atoms with Gasteiger partial charge in [-0.2, -0.15) is 0 Å². The Balaban J connectivity index is 1.95. The Hall–Kier alpha value is -0.120. The van der Waals surface area contributed by atoms with Crippen molar-refractivity contribution >= 4 is 0 Å². The predicted octanol–water partition coefficient (Wildman–Crippen LogP) is 2.23. The van der Waals surface area contributed by atoms with E-state index in [2.05, 4.69) is 12.2 Å². The van der Waals surface area contributed by atoms with Gasteiger partial charge in [0.05, 0.1) is 11.7 Å². The molecule has 17 heavy (non-hydrogen) atoms. The van der Waals surface area contributed by atoms with Crippen molar-refractivity contribution in [2.45, 2.75) is 76.0 Å². The minimum absolute atomic E-state index is 0.267. The molecule has 2 aliphatic rings. The summed E-state index contributed by atoms with van der Waals surface area (Å²) in [4.78, 5) is 0. The van der Waals surface area contributed by atoms with E-state index in [0.29, 0.717) is 0 Å².